The highest BCUT2D eigenvalue weighted by molar-refractivity contribution is 5.78. The first-order valence-electron chi connectivity index (χ1n) is 5.97. The summed E-state index contributed by atoms with van der Waals surface area (Å²) in [6, 6.07) is 8.46. The van der Waals surface area contributed by atoms with E-state index in [9.17, 15) is 0 Å². The van der Waals surface area contributed by atoms with Gasteiger partial charge < -0.3 is 10.2 Å². The van der Waals surface area contributed by atoms with E-state index >= 15 is 0 Å². The average Bonchev–Trinajstić information content (AvgIpc) is 2.82. The Hall–Kier alpha value is -1.28. The molecule has 2 nitrogen and oxygen atoms in total. The van der Waals surface area contributed by atoms with E-state index in [0.717, 1.165) is 24.2 Å². The van der Waals surface area contributed by atoms with Crippen LogP contribution < -0.4 is 5.73 Å². The van der Waals surface area contributed by atoms with Crippen molar-refractivity contribution in [2.75, 3.05) is 0 Å². The third-order valence-corrected chi connectivity index (χ3v) is 3.71. The van der Waals surface area contributed by atoms with E-state index in [4.69, 9.17) is 10.2 Å². The van der Waals surface area contributed by atoms with Crippen molar-refractivity contribution in [1.82, 2.24) is 0 Å². The van der Waals surface area contributed by atoms with E-state index in [0.29, 0.717) is 0 Å². The first-order chi connectivity index (χ1) is 7.67. The van der Waals surface area contributed by atoms with Crippen LogP contribution in [0.25, 0.3) is 11.0 Å². The van der Waals surface area contributed by atoms with Gasteiger partial charge in [-0.15, -0.1) is 0 Å². The summed E-state index contributed by atoms with van der Waals surface area (Å²) in [4.78, 5) is 0. The van der Waals surface area contributed by atoms with Crippen LogP contribution in [0.5, 0.6) is 0 Å². The molecule has 0 unspecified atom stereocenters. The molecule has 0 saturated heterocycles. The van der Waals surface area contributed by atoms with Crippen molar-refractivity contribution in [2.45, 2.75) is 38.1 Å². The summed E-state index contributed by atoms with van der Waals surface area (Å²) in [5.74, 6) is 0.963. The van der Waals surface area contributed by atoms with Crippen LogP contribution in [0, 0.1) is 6.92 Å². The second-order valence-electron chi connectivity index (χ2n) is 4.97. The molecule has 1 aromatic heterocycles. The minimum Gasteiger partial charge on any atom is -0.461 e. The summed E-state index contributed by atoms with van der Waals surface area (Å²) in [6.07, 6.45) is 4.67. The molecule has 16 heavy (non-hydrogen) atoms. The van der Waals surface area contributed by atoms with Crippen LogP contribution in [0.2, 0.25) is 0 Å². The molecule has 0 amide bonds. The number of hydrogen-bond acceptors (Lipinski definition) is 2. The maximum Gasteiger partial charge on any atom is 0.134 e. The lowest BCUT2D eigenvalue weighted by Gasteiger charge is -2.23. The molecule has 2 aromatic rings. The van der Waals surface area contributed by atoms with Crippen molar-refractivity contribution in [2.24, 2.45) is 5.73 Å². The highest BCUT2D eigenvalue weighted by Crippen LogP contribution is 2.37. The fraction of sp³-hybridized carbons (Fsp3) is 0.429. The zero-order valence-electron chi connectivity index (χ0n) is 9.62. The molecule has 0 spiro atoms. The summed E-state index contributed by atoms with van der Waals surface area (Å²) in [6.45, 7) is 1.98. The molecule has 1 fully saturated rings. The predicted octanol–water partition coefficient (Wildman–Crippen LogP) is 3.47. The number of hydrogen-bond donors (Lipinski definition) is 1. The fourth-order valence-electron chi connectivity index (χ4n) is 2.77. The topological polar surface area (TPSA) is 39.2 Å². The SMILES string of the molecule is Cc1cc2ccc(C3(N)CCCC3)cc2o1. The maximum absolute atomic E-state index is 6.44. The van der Waals surface area contributed by atoms with Gasteiger partial charge in [0.1, 0.15) is 11.3 Å². The average molecular weight is 215 g/mol. The highest BCUT2D eigenvalue weighted by atomic mass is 16.3. The Labute approximate surface area is 95.4 Å². The van der Waals surface area contributed by atoms with E-state index in [2.05, 4.69) is 24.3 Å². The van der Waals surface area contributed by atoms with Crippen LogP contribution in [0.4, 0.5) is 0 Å². The van der Waals surface area contributed by atoms with E-state index in [1.54, 1.807) is 0 Å². The third-order valence-electron chi connectivity index (χ3n) is 3.71. The number of aryl methyl sites for hydroxylation is 1. The highest BCUT2D eigenvalue weighted by Gasteiger charge is 2.31. The lowest BCUT2D eigenvalue weighted by Crippen LogP contribution is -2.32. The fourth-order valence-corrected chi connectivity index (χ4v) is 2.77. The Morgan fingerprint density at radius 3 is 2.69 bits per heavy atom. The van der Waals surface area contributed by atoms with Crippen LogP contribution in [0.3, 0.4) is 0 Å². The summed E-state index contributed by atoms with van der Waals surface area (Å²) in [5, 5.41) is 1.17. The Morgan fingerprint density at radius 1 is 1.19 bits per heavy atom. The summed E-state index contributed by atoms with van der Waals surface area (Å²) < 4.78 is 5.66. The van der Waals surface area contributed by atoms with E-state index in [1.165, 1.54) is 23.8 Å². The van der Waals surface area contributed by atoms with Gasteiger partial charge in [0.05, 0.1) is 0 Å². The van der Waals surface area contributed by atoms with Gasteiger partial charge in [-0.2, -0.15) is 0 Å². The van der Waals surface area contributed by atoms with Gasteiger partial charge in [0.25, 0.3) is 0 Å². The molecule has 0 bridgehead atoms. The molecule has 0 radical (unpaired) electrons. The van der Waals surface area contributed by atoms with Gasteiger partial charge in [0, 0.05) is 10.9 Å². The minimum atomic E-state index is -0.116. The summed E-state index contributed by atoms with van der Waals surface area (Å²) >= 11 is 0. The van der Waals surface area contributed by atoms with Crippen molar-refractivity contribution < 1.29 is 4.42 Å². The molecule has 1 aromatic carbocycles. The number of benzene rings is 1. The van der Waals surface area contributed by atoms with Crippen LogP contribution in [0.1, 0.15) is 37.0 Å². The first-order valence-corrected chi connectivity index (χ1v) is 5.97. The molecule has 1 aliphatic rings. The van der Waals surface area contributed by atoms with Crippen molar-refractivity contribution >= 4 is 11.0 Å². The van der Waals surface area contributed by atoms with E-state index in [-0.39, 0.29) is 5.54 Å². The smallest absolute Gasteiger partial charge is 0.134 e. The monoisotopic (exact) mass is 215 g/mol. The quantitative estimate of drug-likeness (QED) is 0.791. The number of rotatable bonds is 1. The second kappa shape index (κ2) is 3.36. The van der Waals surface area contributed by atoms with Gasteiger partial charge in [-0.25, -0.2) is 0 Å². The standard InChI is InChI=1S/C14H17NO/c1-10-8-11-4-5-12(9-13(11)16-10)14(15)6-2-3-7-14/h4-5,8-9H,2-3,6-7,15H2,1H3. The second-order valence-corrected chi connectivity index (χ2v) is 4.97. The van der Waals surface area contributed by atoms with Gasteiger partial charge in [0.15, 0.2) is 0 Å². The largest absolute Gasteiger partial charge is 0.461 e. The van der Waals surface area contributed by atoms with Gasteiger partial charge in [-0.3, -0.25) is 0 Å². The first kappa shape index (κ1) is 9.91. The zero-order chi connectivity index (χ0) is 11.2. The van der Waals surface area contributed by atoms with Gasteiger partial charge in [0.2, 0.25) is 0 Å². The Morgan fingerprint density at radius 2 is 1.94 bits per heavy atom. The molecule has 0 aliphatic heterocycles. The molecule has 84 valence electrons. The van der Waals surface area contributed by atoms with Crippen LogP contribution in [0.15, 0.2) is 28.7 Å². The summed E-state index contributed by atoms with van der Waals surface area (Å²) in [5.41, 5.74) is 8.51. The third kappa shape index (κ3) is 1.45. The lowest BCUT2D eigenvalue weighted by atomic mass is 9.89. The molecule has 1 saturated carbocycles. The number of furan rings is 1. The maximum atomic E-state index is 6.44. The molecular weight excluding hydrogens is 198 g/mol. The minimum absolute atomic E-state index is 0.116. The van der Waals surface area contributed by atoms with Gasteiger partial charge in [-0.1, -0.05) is 25.0 Å². The Bertz CT molecular complexity index is 521. The molecule has 1 heterocycles. The normalized spacial score (nSPS) is 19.4. The van der Waals surface area contributed by atoms with Gasteiger partial charge >= 0.3 is 0 Å². The molecule has 3 rings (SSSR count). The number of fused-ring (bicyclic) bond motifs is 1. The van der Waals surface area contributed by atoms with Crippen molar-refractivity contribution in [3.63, 3.8) is 0 Å². The summed E-state index contributed by atoms with van der Waals surface area (Å²) in [7, 11) is 0. The van der Waals surface area contributed by atoms with Crippen molar-refractivity contribution in [3.8, 4) is 0 Å². The molecular formula is C14H17NO. The Kier molecular flexibility index (Phi) is 2.08. The van der Waals surface area contributed by atoms with E-state index < -0.39 is 0 Å². The Balaban J connectivity index is 2.10. The molecule has 0 atom stereocenters. The van der Waals surface area contributed by atoms with Crippen molar-refractivity contribution in [1.29, 1.82) is 0 Å². The van der Waals surface area contributed by atoms with E-state index in [1.807, 2.05) is 6.92 Å². The molecule has 1 aliphatic carbocycles. The van der Waals surface area contributed by atoms with Crippen molar-refractivity contribution in [3.05, 3.63) is 35.6 Å². The van der Waals surface area contributed by atoms with Crippen LogP contribution in [-0.2, 0) is 5.54 Å². The lowest BCUT2D eigenvalue weighted by molar-refractivity contribution is 0.461. The van der Waals surface area contributed by atoms with Crippen LogP contribution in [-0.4, -0.2) is 0 Å². The predicted molar refractivity (Wildman–Crippen MR) is 65.3 cm³/mol. The zero-order valence-corrected chi connectivity index (χ0v) is 9.62. The number of nitrogens with two attached hydrogens (primary N) is 1. The van der Waals surface area contributed by atoms with Crippen LogP contribution >= 0.6 is 0 Å². The molecule has 2 N–H and O–H groups in total. The van der Waals surface area contributed by atoms with Gasteiger partial charge in [-0.05, 0) is 37.5 Å². The molecule has 2 heteroatoms.